The van der Waals surface area contributed by atoms with Gasteiger partial charge < -0.3 is 0 Å². The largest absolute Gasteiger partial charge is 0.267 e. The summed E-state index contributed by atoms with van der Waals surface area (Å²) in [6.45, 7) is 2.01. The summed E-state index contributed by atoms with van der Waals surface area (Å²) in [7, 11) is 1.97. The molecule has 0 bridgehead atoms. The molecule has 2 aromatic rings. The topological polar surface area (TPSA) is 17.8 Å². The predicted octanol–water partition coefficient (Wildman–Crippen LogP) is 3.22. The van der Waals surface area contributed by atoms with Crippen LogP contribution in [-0.2, 0) is 7.05 Å². The second-order valence-corrected chi connectivity index (χ2v) is 5.36. The van der Waals surface area contributed by atoms with E-state index < -0.39 is 0 Å². The van der Waals surface area contributed by atoms with E-state index in [9.17, 15) is 0 Å². The van der Waals surface area contributed by atoms with Gasteiger partial charge in [-0.3, -0.25) is 4.68 Å². The zero-order valence-electron chi connectivity index (χ0n) is 7.41. The highest BCUT2D eigenvalue weighted by Crippen LogP contribution is 2.31. The molecule has 2 nitrogen and oxygen atoms in total. The maximum atomic E-state index is 4.30. The van der Waals surface area contributed by atoms with Crippen LogP contribution in [0, 0.1) is 6.92 Å². The summed E-state index contributed by atoms with van der Waals surface area (Å²) in [6.07, 6.45) is 0. The summed E-state index contributed by atoms with van der Waals surface area (Å²) in [5.74, 6) is 0. The Kier molecular flexibility index (Phi) is 2.26. The van der Waals surface area contributed by atoms with Gasteiger partial charge in [-0.25, -0.2) is 0 Å². The molecule has 0 aromatic carbocycles. The first-order chi connectivity index (χ1) is 6.16. The molecule has 0 radical (unpaired) electrons. The number of aromatic nitrogens is 2. The van der Waals surface area contributed by atoms with Crippen LogP contribution < -0.4 is 0 Å². The minimum atomic E-state index is 1.06. The van der Waals surface area contributed by atoms with Crippen molar-refractivity contribution in [3.05, 3.63) is 27.7 Å². The van der Waals surface area contributed by atoms with Crippen molar-refractivity contribution in [1.82, 2.24) is 9.78 Å². The molecule has 0 saturated heterocycles. The second-order valence-electron chi connectivity index (χ2n) is 2.90. The SMILES string of the molecule is Cc1cc(-c2ccc(Br)s2)n(C)n1. The molecule has 2 aromatic heterocycles. The smallest absolute Gasteiger partial charge is 0.0781 e. The first kappa shape index (κ1) is 8.97. The highest BCUT2D eigenvalue weighted by molar-refractivity contribution is 9.11. The lowest BCUT2D eigenvalue weighted by molar-refractivity contribution is 0.765. The third kappa shape index (κ3) is 1.69. The van der Waals surface area contributed by atoms with E-state index in [1.165, 1.54) is 10.6 Å². The Morgan fingerprint density at radius 1 is 1.46 bits per heavy atom. The molecule has 0 aliphatic rings. The van der Waals surface area contributed by atoms with Crippen molar-refractivity contribution in [3.63, 3.8) is 0 Å². The van der Waals surface area contributed by atoms with Gasteiger partial charge in [-0.05, 0) is 41.1 Å². The Hall–Kier alpha value is -0.610. The molecule has 0 aliphatic carbocycles. The molecule has 0 atom stereocenters. The summed E-state index contributed by atoms with van der Waals surface area (Å²) in [6, 6.07) is 6.26. The monoisotopic (exact) mass is 256 g/mol. The maximum Gasteiger partial charge on any atom is 0.0781 e. The number of rotatable bonds is 1. The Bertz CT molecular complexity index is 431. The molecule has 0 fully saturated rings. The Labute approximate surface area is 89.3 Å². The number of halogens is 1. The van der Waals surface area contributed by atoms with Gasteiger partial charge in [0.15, 0.2) is 0 Å². The van der Waals surface area contributed by atoms with E-state index in [1.807, 2.05) is 18.7 Å². The van der Waals surface area contributed by atoms with E-state index in [-0.39, 0.29) is 0 Å². The van der Waals surface area contributed by atoms with Crippen molar-refractivity contribution in [3.8, 4) is 10.6 Å². The highest BCUT2D eigenvalue weighted by Gasteiger charge is 2.06. The molecular formula is C9H9BrN2S. The quantitative estimate of drug-likeness (QED) is 0.767. The van der Waals surface area contributed by atoms with Crippen LogP contribution in [0.25, 0.3) is 10.6 Å². The Balaban J connectivity index is 2.51. The third-order valence-electron chi connectivity index (χ3n) is 1.83. The molecule has 0 aliphatic heterocycles. The van der Waals surface area contributed by atoms with Gasteiger partial charge in [0, 0.05) is 7.05 Å². The van der Waals surface area contributed by atoms with Gasteiger partial charge in [0.2, 0.25) is 0 Å². The molecule has 0 unspecified atom stereocenters. The number of thiophene rings is 1. The van der Waals surface area contributed by atoms with Gasteiger partial charge in [0.25, 0.3) is 0 Å². The van der Waals surface area contributed by atoms with Crippen molar-refractivity contribution in [1.29, 1.82) is 0 Å². The van der Waals surface area contributed by atoms with Crippen LogP contribution in [0.5, 0.6) is 0 Å². The number of hydrogen-bond acceptors (Lipinski definition) is 2. The fourth-order valence-electron chi connectivity index (χ4n) is 1.29. The van der Waals surface area contributed by atoms with E-state index in [2.05, 4.69) is 39.2 Å². The Morgan fingerprint density at radius 2 is 2.23 bits per heavy atom. The molecular weight excluding hydrogens is 248 g/mol. The molecule has 0 spiro atoms. The molecule has 0 amide bonds. The van der Waals surface area contributed by atoms with Gasteiger partial charge in [-0.15, -0.1) is 11.3 Å². The standard InChI is InChI=1S/C9H9BrN2S/c1-6-5-7(12(2)11-6)8-3-4-9(10)13-8/h3-5H,1-2H3. The Morgan fingerprint density at radius 3 is 2.69 bits per heavy atom. The average molecular weight is 257 g/mol. The van der Waals surface area contributed by atoms with E-state index in [1.54, 1.807) is 11.3 Å². The summed E-state index contributed by atoms with van der Waals surface area (Å²) in [5, 5.41) is 4.30. The first-order valence-corrected chi connectivity index (χ1v) is 5.54. The van der Waals surface area contributed by atoms with Crippen molar-refractivity contribution in [2.24, 2.45) is 7.05 Å². The summed E-state index contributed by atoms with van der Waals surface area (Å²) >= 11 is 5.17. The van der Waals surface area contributed by atoms with Gasteiger partial charge >= 0.3 is 0 Å². The van der Waals surface area contributed by atoms with Crippen LogP contribution in [0.1, 0.15) is 5.69 Å². The fourth-order valence-corrected chi connectivity index (χ4v) is 2.73. The fraction of sp³-hybridized carbons (Fsp3) is 0.222. The minimum Gasteiger partial charge on any atom is -0.267 e. The summed E-state index contributed by atoms with van der Waals surface area (Å²) in [5.41, 5.74) is 2.23. The van der Waals surface area contributed by atoms with Crippen molar-refractivity contribution in [2.75, 3.05) is 0 Å². The number of nitrogens with zero attached hydrogens (tertiary/aromatic N) is 2. The van der Waals surface area contributed by atoms with Gasteiger partial charge in [-0.1, -0.05) is 0 Å². The lowest BCUT2D eigenvalue weighted by atomic mass is 10.3. The van der Waals surface area contributed by atoms with Crippen LogP contribution in [0.4, 0.5) is 0 Å². The molecule has 13 heavy (non-hydrogen) atoms. The first-order valence-electron chi connectivity index (χ1n) is 3.93. The third-order valence-corrected chi connectivity index (χ3v) is 3.47. The summed E-state index contributed by atoms with van der Waals surface area (Å²) < 4.78 is 3.06. The van der Waals surface area contributed by atoms with E-state index in [4.69, 9.17) is 0 Å². The van der Waals surface area contributed by atoms with Crippen LogP contribution in [0.2, 0.25) is 0 Å². The van der Waals surface area contributed by atoms with Crippen LogP contribution in [0.3, 0.4) is 0 Å². The molecule has 68 valence electrons. The van der Waals surface area contributed by atoms with Gasteiger partial charge in [-0.2, -0.15) is 5.10 Å². The normalized spacial score (nSPS) is 10.7. The molecule has 2 heterocycles. The van der Waals surface area contributed by atoms with Gasteiger partial charge in [0.1, 0.15) is 0 Å². The van der Waals surface area contributed by atoms with E-state index >= 15 is 0 Å². The van der Waals surface area contributed by atoms with E-state index in [0.29, 0.717) is 0 Å². The predicted molar refractivity (Wildman–Crippen MR) is 59.0 cm³/mol. The maximum absolute atomic E-state index is 4.30. The number of aryl methyl sites for hydroxylation is 2. The van der Waals surface area contributed by atoms with Crippen molar-refractivity contribution in [2.45, 2.75) is 6.92 Å². The summed E-state index contributed by atoms with van der Waals surface area (Å²) in [4.78, 5) is 1.25. The minimum absolute atomic E-state index is 1.06. The molecule has 0 saturated carbocycles. The zero-order valence-corrected chi connectivity index (χ0v) is 9.82. The van der Waals surface area contributed by atoms with Crippen LogP contribution in [-0.4, -0.2) is 9.78 Å². The van der Waals surface area contributed by atoms with Gasteiger partial charge in [0.05, 0.1) is 20.1 Å². The molecule has 0 N–H and O–H groups in total. The van der Waals surface area contributed by atoms with E-state index in [0.717, 1.165) is 9.48 Å². The van der Waals surface area contributed by atoms with Crippen LogP contribution in [0.15, 0.2) is 22.0 Å². The zero-order chi connectivity index (χ0) is 9.42. The van der Waals surface area contributed by atoms with Crippen molar-refractivity contribution >= 4 is 27.3 Å². The van der Waals surface area contributed by atoms with Crippen molar-refractivity contribution < 1.29 is 0 Å². The second kappa shape index (κ2) is 3.27. The van der Waals surface area contributed by atoms with Crippen LogP contribution >= 0.6 is 27.3 Å². The highest BCUT2D eigenvalue weighted by atomic mass is 79.9. The lowest BCUT2D eigenvalue weighted by Gasteiger charge is -1.95. The lowest BCUT2D eigenvalue weighted by Crippen LogP contribution is -1.91. The molecule has 2 rings (SSSR count). The molecule has 4 heteroatoms. The number of hydrogen-bond donors (Lipinski definition) is 0. The average Bonchev–Trinajstić information content (AvgIpc) is 2.58.